The van der Waals surface area contributed by atoms with Crippen LogP contribution in [0.4, 0.5) is 0 Å². The largest absolute Gasteiger partial charge is 0.356 e. The molecule has 0 radical (unpaired) electrons. The van der Waals surface area contributed by atoms with Gasteiger partial charge in [0.1, 0.15) is 0 Å². The predicted octanol–water partition coefficient (Wildman–Crippen LogP) is 0.971. The van der Waals surface area contributed by atoms with Gasteiger partial charge in [-0.3, -0.25) is 13.9 Å². The fraction of sp³-hybridized carbons (Fsp3) is 0.105. The van der Waals surface area contributed by atoms with Gasteiger partial charge in [0.2, 0.25) is 0 Å². The molecule has 0 saturated carbocycles. The maximum atomic E-state index is 12.6. The van der Waals surface area contributed by atoms with Crippen LogP contribution in [0.5, 0.6) is 0 Å². The Bertz CT molecular complexity index is 1230. The van der Waals surface area contributed by atoms with Crippen LogP contribution in [-0.4, -0.2) is 19.1 Å². The van der Waals surface area contributed by atoms with E-state index in [1.54, 1.807) is 7.05 Å². The second-order valence-corrected chi connectivity index (χ2v) is 5.92. The minimum Gasteiger partial charge on any atom is -0.266 e. The van der Waals surface area contributed by atoms with Crippen LogP contribution in [0, 0.1) is 0 Å². The molecule has 0 N–H and O–H groups in total. The average molecular weight is 346 g/mol. The van der Waals surface area contributed by atoms with Crippen molar-refractivity contribution in [2.24, 2.45) is 14.1 Å². The molecule has 0 bridgehead atoms. The predicted molar refractivity (Wildman–Crippen MR) is 97.0 cm³/mol. The lowest BCUT2D eigenvalue weighted by molar-refractivity contribution is -0.599. The lowest BCUT2D eigenvalue weighted by Crippen LogP contribution is -2.39. The van der Waals surface area contributed by atoms with Gasteiger partial charge < -0.3 is 0 Å². The van der Waals surface area contributed by atoms with Crippen molar-refractivity contribution in [1.29, 1.82) is 0 Å². The van der Waals surface area contributed by atoms with Crippen molar-refractivity contribution in [2.45, 2.75) is 0 Å². The Hall–Kier alpha value is -3.61. The Morgan fingerprint density at radius 1 is 0.846 bits per heavy atom. The molecule has 4 rings (SSSR count). The molecular weight excluding hydrogens is 330 g/mol. The molecule has 0 atom stereocenters. The number of benzene rings is 1. The summed E-state index contributed by atoms with van der Waals surface area (Å²) in [6.07, 6.45) is 3.70. The molecule has 3 aromatic heterocycles. The molecular formula is C19H16N5O2+. The number of nitrogens with zero attached hydrogens (tertiary/aromatic N) is 5. The van der Waals surface area contributed by atoms with Crippen molar-refractivity contribution in [3.8, 4) is 17.1 Å². The maximum Gasteiger partial charge on any atom is 0.356 e. The maximum absolute atomic E-state index is 12.6. The molecule has 3 heterocycles. The fourth-order valence-electron chi connectivity index (χ4n) is 2.87. The van der Waals surface area contributed by atoms with Gasteiger partial charge in [-0.2, -0.15) is 0 Å². The minimum absolute atomic E-state index is 0.161. The second-order valence-electron chi connectivity index (χ2n) is 5.92. The van der Waals surface area contributed by atoms with Gasteiger partial charge in [-0.15, -0.1) is 0 Å². The Morgan fingerprint density at radius 3 is 2.19 bits per heavy atom. The van der Waals surface area contributed by atoms with Crippen molar-refractivity contribution in [3.63, 3.8) is 0 Å². The van der Waals surface area contributed by atoms with E-state index in [1.165, 1.54) is 11.6 Å². The van der Waals surface area contributed by atoms with Crippen LogP contribution < -0.4 is 15.8 Å². The van der Waals surface area contributed by atoms with Gasteiger partial charge in [-0.05, 0) is 17.1 Å². The van der Waals surface area contributed by atoms with Gasteiger partial charge in [0.05, 0.1) is 12.4 Å². The SMILES string of the molecule is Cn1c(=O)c2nc(-c3ccccc3)c(-[n+]3ccccc3)nc2n(C)c1=O. The molecule has 0 saturated heterocycles. The first kappa shape index (κ1) is 15.9. The van der Waals surface area contributed by atoms with E-state index >= 15 is 0 Å². The standard InChI is InChI=1S/C19H16N5O2/c1-22-16-15(18(25)23(2)19(22)26)20-14(13-9-5-3-6-10-13)17(21-16)24-11-7-4-8-12-24/h3-12H,1-2H3/q+1. The van der Waals surface area contributed by atoms with Crippen molar-refractivity contribution in [3.05, 3.63) is 81.8 Å². The molecule has 128 valence electrons. The topological polar surface area (TPSA) is 73.7 Å². The zero-order valence-electron chi connectivity index (χ0n) is 14.3. The summed E-state index contributed by atoms with van der Waals surface area (Å²) >= 11 is 0. The summed E-state index contributed by atoms with van der Waals surface area (Å²) in [5.41, 5.74) is 0.928. The van der Waals surface area contributed by atoms with E-state index in [-0.39, 0.29) is 11.2 Å². The van der Waals surface area contributed by atoms with E-state index in [1.807, 2.05) is 65.5 Å². The van der Waals surface area contributed by atoms with E-state index in [9.17, 15) is 9.59 Å². The van der Waals surface area contributed by atoms with Gasteiger partial charge >= 0.3 is 11.5 Å². The minimum atomic E-state index is -0.461. The summed E-state index contributed by atoms with van der Waals surface area (Å²) < 4.78 is 4.20. The molecule has 7 nitrogen and oxygen atoms in total. The molecule has 0 amide bonds. The van der Waals surface area contributed by atoms with Gasteiger partial charge in [-0.1, -0.05) is 36.4 Å². The molecule has 0 unspecified atom stereocenters. The summed E-state index contributed by atoms with van der Waals surface area (Å²) in [5, 5.41) is 0. The summed E-state index contributed by atoms with van der Waals surface area (Å²) in [6.45, 7) is 0. The van der Waals surface area contributed by atoms with Crippen LogP contribution >= 0.6 is 0 Å². The van der Waals surface area contributed by atoms with Crippen LogP contribution in [0.3, 0.4) is 0 Å². The Labute approximate surface area is 148 Å². The summed E-state index contributed by atoms with van der Waals surface area (Å²) in [5.74, 6) is 0.549. The van der Waals surface area contributed by atoms with Crippen molar-refractivity contribution < 1.29 is 4.57 Å². The first-order valence-corrected chi connectivity index (χ1v) is 8.08. The van der Waals surface area contributed by atoms with Crippen LogP contribution in [0.25, 0.3) is 28.2 Å². The van der Waals surface area contributed by atoms with Crippen LogP contribution in [0.2, 0.25) is 0 Å². The lowest BCUT2D eigenvalue weighted by atomic mass is 10.1. The van der Waals surface area contributed by atoms with Crippen LogP contribution in [-0.2, 0) is 14.1 Å². The molecule has 1 aromatic carbocycles. The lowest BCUT2D eigenvalue weighted by Gasteiger charge is -2.07. The molecule has 0 fully saturated rings. The Morgan fingerprint density at radius 2 is 1.50 bits per heavy atom. The second kappa shape index (κ2) is 6.03. The molecule has 4 aromatic rings. The smallest absolute Gasteiger partial charge is 0.266 e. The molecule has 0 aliphatic heterocycles. The highest BCUT2D eigenvalue weighted by Crippen LogP contribution is 2.21. The number of aromatic nitrogens is 5. The third-order valence-electron chi connectivity index (χ3n) is 4.27. The van der Waals surface area contributed by atoms with Gasteiger partial charge in [0.15, 0.2) is 11.2 Å². The van der Waals surface area contributed by atoms with Crippen LogP contribution in [0.1, 0.15) is 0 Å². The zero-order chi connectivity index (χ0) is 18.3. The van der Waals surface area contributed by atoms with E-state index in [0.717, 1.165) is 10.1 Å². The van der Waals surface area contributed by atoms with E-state index in [2.05, 4.69) is 9.97 Å². The summed E-state index contributed by atoms with van der Waals surface area (Å²) in [7, 11) is 3.02. The van der Waals surface area contributed by atoms with E-state index in [4.69, 9.17) is 0 Å². The molecule has 0 aliphatic rings. The zero-order valence-corrected chi connectivity index (χ0v) is 14.3. The van der Waals surface area contributed by atoms with Gasteiger partial charge in [0.25, 0.3) is 11.2 Å². The molecule has 7 heteroatoms. The molecule has 0 aliphatic carbocycles. The van der Waals surface area contributed by atoms with Crippen molar-refractivity contribution in [1.82, 2.24) is 19.1 Å². The molecule has 0 spiro atoms. The molecule has 26 heavy (non-hydrogen) atoms. The Kier molecular flexibility index (Phi) is 3.69. The van der Waals surface area contributed by atoms with Crippen molar-refractivity contribution in [2.75, 3.05) is 0 Å². The first-order valence-electron chi connectivity index (χ1n) is 8.08. The monoisotopic (exact) mass is 346 g/mol. The highest BCUT2D eigenvalue weighted by molar-refractivity contribution is 5.76. The number of hydrogen-bond donors (Lipinski definition) is 0. The van der Waals surface area contributed by atoms with Crippen molar-refractivity contribution >= 4 is 11.2 Å². The third-order valence-corrected chi connectivity index (χ3v) is 4.27. The number of pyridine rings is 1. The quantitative estimate of drug-likeness (QED) is 0.507. The van der Waals surface area contributed by atoms with Crippen LogP contribution in [0.15, 0.2) is 70.5 Å². The van der Waals surface area contributed by atoms with E-state index < -0.39 is 11.2 Å². The fourth-order valence-corrected chi connectivity index (χ4v) is 2.87. The normalized spacial score (nSPS) is 11.0. The third kappa shape index (κ3) is 2.41. The average Bonchev–Trinajstić information content (AvgIpc) is 2.71. The number of fused-ring (bicyclic) bond motifs is 1. The number of rotatable bonds is 2. The van der Waals surface area contributed by atoms with Gasteiger partial charge in [0, 0.05) is 19.7 Å². The summed E-state index contributed by atoms with van der Waals surface area (Å²) in [6, 6.07) is 15.2. The van der Waals surface area contributed by atoms with Gasteiger partial charge in [-0.25, -0.2) is 14.3 Å². The Balaban J connectivity index is 2.18. The highest BCUT2D eigenvalue weighted by Gasteiger charge is 2.24. The number of aryl methyl sites for hydroxylation is 1. The summed E-state index contributed by atoms with van der Waals surface area (Å²) in [4.78, 5) is 34.1. The number of hydrogen-bond acceptors (Lipinski definition) is 4. The highest BCUT2D eigenvalue weighted by atomic mass is 16.2. The first-order chi connectivity index (χ1) is 12.6. The van der Waals surface area contributed by atoms with E-state index in [0.29, 0.717) is 11.5 Å².